The van der Waals surface area contributed by atoms with E-state index >= 15 is 0 Å². The second kappa shape index (κ2) is 6.86. The summed E-state index contributed by atoms with van der Waals surface area (Å²) >= 11 is 0. The third-order valence-electron chi connectivity index (χ3n) is 2.03. The molecular formula is C9H20N2O2. The molecule has 4 heteroatoms. The molecule has 0 amide bonds. The van der Waals surface area contributed by atoms with Crippen molar-refractivity contribution in [2.75, 3.05) is 27.7 Å². The topological polar surface area (TPSA) is 55.6 Å². The summed E-state index contributed by atoms with van der Waals surface area (Å²) in [5.74, 6) is -0.165. The monoisotopic (exact) mass is 188 g/mol. The van der Waals surface area contributed by atoms with Gasteiger partial charge in [0.25, 0.3) is 0 Å². The molecule has 0 saturated carbocycles. The Bertz CT molecular complexity index is 149. The Kier molecular flexibility index (Phi) is 6.54. The fourth-order valence-electron chi connectivity index (χ4n) is 1.20. The van der Waals surface area contributed by atoms with Crippen LogP contribution >= 0.6 is 0 Å². The van der Waals surface area contributed by atoms with Gasteiger partial charge in [-0.2, -0.15) is 0 Å². The van der Waals surface area contributed by atoms with Crippen LogP contribution in [0.4, 0.5) is 0 Å². The van der Waals surface area contributed by atoms with Gasteiger partial charge in [0, 0.05) is 0 Å². The zero-order valence-corrected chi connectivity index (χ0v) is 8.75. The molecule has 0 aromatic rings. The standard InChI is InChI=1S/C9H20N2O2/c1-11(2)8(9(12)13-3)6-4-5-7-10/h8H,4-7,10H2,1-3H3/t8-/m0/s1. The maximum absolute atomic E-state index is 11.3. The van der Waals surface area contributed by atoms with Crippen LogP contribution in [0, 0.1) is 0 Å². The molecule has 0 saturated heterocycles. The molecule has 4 nitrogen and oxygen atoms in total. The summed E-state index contributed by atoms with van der Waals surface area (Å²) in [5.41, 5.74) is 5.37. The average molecular weight is 188 g/mol. The van der Waals surface area contributed by atoms with E-state index in [0.29, 0.717) is 6.54 Å². The quantitative estimate of drug-likeness (QED) is 0.478. The first-order chi connectivity index (χ1) is 6.13. The van der Waals surface area contributed by atoms with Gasteiger partial charge in [0.05, 0.1) is 7.11 Å². The van der Waals surface area contributed by atoms with E-state index in [2.05, 4.69) is 0 Å². The Hall–Kier alpha value is -0.610. The van der Waals surface area contributed by atoms with Gasteiger partial charge in [-0.25, -0.2) is 0 Å². The average Bonchev–Trinajstić information content (AvgIpc) is 2.11. The van der Waals surface area contributed by atoms with Crippen LogP contribution in [0.3, 0.4) is 0 Å². The molecule has 0 aliphatic carbocycles. The van der Waals surface area contributed by atoms with E-state index in [1.165, 1.54) is 7.11 Å². The highest BCUT2D eigenvalue weighted by Gasteiger charge is 2.20. The van der Waals surface area contributed by atoms with Gasteiger partial charge >= 0.3 is 5.97 Å². The second-order valence-electron chi connectivity index (χ2n) is 3.29. The van der Waals surface area contributed by atoms with Crippen molar-refractivity contribution in [1.29, 1.82) is 0 Å². The van der Waals surface area contributed by atoms with Crippen molar-refractivity contribution in [2.24, 2.45) is 5.73 Å². The number of nitrogens with two attached hydrogens (primary N) is 1. The molecule has 0 rings (SSSR count). The number of unbranched alkanes of at least 4 members (excludes halogenated alkanes) is 1. The molecule has 0 fully saturated rings. The van der Waals surface area contributed by atoms with E-state index in [0.717, 1.165) is 19.3 Å². The summed E-state index contributed by atoms with van der Waals surface area (Å²) in [4.78, 5) is 13.1. The number of hydrogen-bond donors (Lipinski definition) is 1. The van der Waals surface area contributed by atoms with Crippen LogP contribution in [0.2, 0.25) is 0 Å². The van der Waals surface area contributed by atoms with E-state index in [-0.39, 0.29) is 12.0 Å². The molecule has 0 aromatic heterocycles. The lowest BCUT2D eigenvalue weighted by molar-refractivity contribution is -0.146. The van der Waals surface area contributed by atoms with Gasteiger partial charge in [0.1, 0.15) is 6.04 Å². The van der Waals surface area contributed by atoms with Crippen LogP contribution in [-0.4, -0.2) is 44.7 Å². The number of hydrogen-bond acceptors (Lipinski definition) is 4. The highest BCUT2D eigenvalue weighted by molar-refractivity contribution is 5.75. The zero-order valence-electron chi connectivity index (χ0n) is 8.75. The fraction of sp³-hybridized carbons (Fsp3) is 0.889. The van der Waals surface area contributed by atoms with Crippen LogP contribution < -0.4 is 5.73 Å². The lowest BCUT2D eigenvalue weighted by Gasteiger charge is -2.21. The molecule has 0 heterocycles. The zero-order chi connectivity index (χ0) is 10.3. The fourth-order valence-corrected chi connectivity index (χ4v) is 1.20. The first-order valence-electron chi connectivity index (χ1n) is 4.57. The number of nitrogens with zero attached hydrogens (tertiary/aromatic N) is 1. The third kappa shape index (κ3) is 4.85. The van der Waals surface area contributed by atoms with Crippen molar-refractivity contribution < 1.29 is 9.53 Å². The van der Waals surface area contributed by atoms with Crippen molar-refractivity contribution in [3.8, 4) is 0 Å². The summed E-state index contributed by atoms with van der Waals surface area (Å²) in [6.07, 6.45) is 2.74. The number of ether oxygens (including phenoxy) is 1. The summed E-state index contributed by atoms with van der Waals surface area (Å²) < 4.78 is 4.69. The predicted octanol–water partition coefficient (Wildman–Crippen LogP) is 0.219. The Labute approximate surface area is 80.0 Å². The number of likely N-dealkylation sites (N-methyl/N-ethyl adjacent to an activating group) is 1. The highest BCUT2D eigenvalue weighted by atomic mass is 16.5. The maximum atomic E-state index is 11.3. The van der Waals surface area contributed by atoms with Crippen molar-refractivity contribution in [1.82, 2.24) is 4.90 Å². The van der Waals surface area contributed by atoms with Gasteiger partial charge in [-0.3, -0.25) is 9.69 Å². The van der Waals surface area contributed by atoms with Crippen LogP contribution in [0.1, 0.15) is 19.3 Å². The number of rotatable bonds is 6. The van der Waals surface area contributed by atoms with Crippen LogP contribution in [0.25, 0.3) is 0 Å². The normalized spacial score (nSPS) is 13.0. The van der Waals surface area contributed by atoms with Gasteiger partial charge < -0.3 is 10.5 Å². The SMILES string of the molecule is COC(=O)[C@H](CCCCN)N(C)C. The molecule has 1 atom stereocenters. The van der Waals surface area contributed by atoms with Crippen molar-refractivity contribution >= 4 is 5.97 Å². The van der Waals surface area contributed by atoms with Crippen molar-refractivity contribution in [2.45, 2.75) is 25.3 Å². The molecule has 13 heavy (non-hydrogen) atoms. The van der Waals surface area contributed by atoms with E-state index < -0.39 is 0 Å². The van der Waals surface area contributed by atoms with Crippen LogP contribution in [0.15, 0.2) is 0 Å². The van der Waals surface area contributed by atoms with Gasteiger partial charge in [0.15, 0.2) is 0 Å². The Morgan fingerprint density at radius 1 is 1.46 bits per heavy atom. The summed E-state index contributed by atoms with van der Waals surface area (Å²) in [6.45, 7) is 0.682. The van der Waals surface area contributed by atoms with Gasteiger partial charge in [-0.15, -0.1) is 0 Å². The van der Waals surface area contributed by atoms with E-state index in [9.17, 15) is 4.79 Å². The van der Waals surface area contributed by atoms with E-state index in [4.69, 9.17) is 10.5 Å². The summed E-state index contributed by atoms with van der Waals surface area (Å²) in [7, 11) is 5.18. The molecule has 0 aliphatic rings. The smallest absolute Gasteiger partial charge is 0.323 e. The first kappa shape index (κ1) is 12.4. The molecule has 78 valence electrons. The predicted molar refractivity (Wildman–Crippen MR) is 52.4 cm³/mol. The Balaban J connectivity index is 3.88. The first-order valence-corrected chi connectivity index (χ1v) is 4.57. The van der Waals surface area contributed by atoms with Gasteiger partial charge in [-0.05, 0) is 33.5 Å². The molecule has 0 aliphatic heterocycles. The molecule has 0 aromatic carbocycles. The molecule has 0 bridgehead atoms. The summed E-state index contributed by atoms with van der Waals surface area (Å²) in [5, 5.41) is 0. The van der Waals surface area contributed by atoms with Crippen LogP contribution in [0.5, 0.6) is 0 Å². The minimum absolute atomic E-state index is 0.128. The third-order valence-corrected chi connectivity index (χ3v) is 2.03. The number of esters is 1. The van der Waals surface area contributed by atoms with Crippen molar-refractivity contribution in [3.05, 3.63) is 0 Å². The van der Waals surface area contributed by atoms with Gasteiger partial charge in [0.2, 0.25) is 0 Å². The minimum atomic E-state index is -0.165. The molecule has 2 N–H and O–H groups in total. The maximum Gasteiger partial charge on any atom is 0.323 e. The number of methoxy groups -OCH3 is 1. The number of carbonyl (C=O) groups is 1. The number of carbonyl (C=O) groups excluding carboxylic acids is 1. The largest absolute Gasteiger partial charge is 0.468 e. The lowest BCUT2D eigenvalue weighted by atomic mass is 10.1. The highest BCUT2D eigenvalue weighted by Crippen LogP contribution is 2.06. The summed E-state index contributed by atoms with van der Waals surface area (Å²) in [6, 6.07) is -0.128. The molecule has 0 radical (unpaired) electrons. The molecular weight excluding hydrogens is 168 g/mol. The molecule has 0 spiro atoms. The second-order valence-corrected chi connectivity index (χ2v) is 3.29. The molecule has 0 unspecified atom stereocenters. The Morgan fingerprint density at radius 2 is 2.08 bits per heavy atom. The Morgan fingerprint density at radius 3 is 2.46 bits per heavy atom. The van der Waals surface area contributed by atoms with E-state index in [1.54, 1.807) is 0 Å². The minimum Gasteiger partial charge on any atom is -0.468 e. The van der Waals surface area contributed by atoms with Crippen molar-refractivity contribution in [3.63, 3.8) is 0 Å². The van der Waals surface area contributed by atoms with Gasteiger partial charge in [-0.1, -0.05) is 6.42 Å². The van der Waals surface area contributed by atoms with E-state index in [1.807, 2.05) is 19.0 Å². The van der Waals surface area contributed by atoms with Crippen LogP contribution in [-0.2, 0) is 9.53 Å². The lowest BCUT2D eigenvalue weighted by Crippen LogP contribution is -2.36.